The quantitative estimate of drug-likeness (QED) is 0.801. The van der Waals surface area contributed by atoms with Crippen molar-refractivity contribution in [3.63, 3.8) is 0 Å². The fraction of sp³-hybridized carbons (Fsp3) is 0.273. The van der Waals surface area contributed by atoms with E-state index in [1.165, 1.54) is 0 Å². The molecule has 0 aliphatic heterocycles. The molecule has 0 spiro atoms. The van der Waals surface area contributed by atoms with Crippen molar-refractivity contribution in [2.24, 2.45) is 0 Å². The predicted molar refractivity (Wildman–Crippen MR) is 60.9 cm³/mol. The summed E-state index contributed by atoms with van der Waals surface area (Å²) in [6.45, 7) is 0.864. The zero-order valence-electron chi connectivity index (χ0n) is 8.89. The van der Waals surface area contributed by atoms with Crippen LogP contribution in [-0.4, -0.2) is 20.7 Å². The number of carbonyl (C=O) groups is 1. The minimum absolute atomic E-state index is 0.0106. The number of anilines is 1. The second kappa shape index (κ2) is 5.16. The summed E-state index contributed by atoms with van der Waals surface area (Å²) in [6.07, 6.45) is 6.93. The number of hydrogen-bond acceptors (Lipinski definition) is 2. The predicted octanol–water partition coefficient (Wildman–Crippen LogP) is 1.63. The Hall–Kier alpha value is -2.04. The van der Waals surface area contributed by atoms with E-state index in [0.29, 0.717) is 12.2 Å². The summed E-state index contributed by atoms with van der Waals surface area (Å²) in [5.74, 6) is 0.655. The number of aryl methyl sites for hydroxylation is 1. The van der Waals surface area contributed by atoms with E-state index in [0.717, 1.165) is 13.0 Å². The number of amides is 1. The van der Waals surface area contributed by atoms with Gasteiger partial charge in [-0.05, 0) is 18.6 Å². The van der Waals surface area contributed by atoms with Crippen LogP contribution in [0.15, 0.2) is 36.8 Å². The fourth-order valence-electron chi connectivity index (χ4n) is 1.48. The van der Waals surface area contributed by atoms with Crippen LogP contribution in [0.1, 0.15) is 12.8 Å². The molecule has 0 aliphatic rings. The highest BCUT2D eigenvalue weighted by atomic mass is 16.1. The summed E-state index contributed by atoms with van der Waals surface area (Å²) >= 11 is 0. The zero-order valence-corrected chi connectivity index (χ0v) is 8.89. The number of nitrogens with one attached hydrogen (secondary N) is 2. The number of H-pyrrole nitrogens is 1. The Morgan fingerprint density at radius 3 is 2.94 bits per heavy atom. The molecule has 0 aromatic carbocycles. The minimum atomic E-state index is 0.0106. The lowest BCUT2D eigenvalue weighted by Gasteiger charge is -2.03. The minimum Gasteiger partial charge on any atom is -0.354 e. The van der Waals surface area contributed by atoms with Crippen LogP contribution in [0.2, 0.25) is 0 Å². The third-order valence-corrected chi connectivity index (χ3v) is 2.26. The van der Waals surface area contributed by atoms with Crippen molar-refractivity contribution in [3.05, 3.63) is 36.8 Å². The van der Waals surface area contributed by atoms with Crippen LogP contribution < -0.4 is 5.32 Å². The van der Waals surface area contributed by atoms with E-state index in [9.17, 15) is 4.79 Å². The van der Waals surface area contributed by atoms with E-state index in [-0.39, 0.29) is 5.91 Å². The smallest absolute Gasteiger partial charge is 0.225 e. The van der Waals surface area contributed by atoms with E-state index < -0.39 is 0 Å². The highest BCUT2D eigenvalue weighted by Crippen LogP contribution is 2.02. The molecule has 16 heavy (non-hydrogen) atoms. The molecule has 2 N–H and O–H groups in total. The van der Waals surface area contributed by atoms with Gasteiger partial charge in [-0.15, -0.1) is 0 Å². The molecule has 1 amide bonds. The lowest BCUT2D eigenvalue weighted by atomic mass is 10.3. The third kappa shape index (κ3) is 2.98. The van der Waals surface area contributed by atoms with E-state index in [1.807, 2.05) is 24.5 Å². The molecule has 2 aromatic heterocycles. The molecule has 0 bridgehead atoms. The Morgan fingerprint density at radius 1 is 1.44 bits per heavy atom. The van der Waals surface area contributed by atoms with Crippen molar-refractivity contribution in [2.75, 3.05) is 5.32 Å². The second-order valence-electron chi connectivity index (χ2n) is 3.54. The molecule has 2 heterocycles. The van der Waals surface area contributed by atoms with Crippen LogP contribution in [0.3, 0.4) is 0 Å². The van der Waals surface area contributed by atoms with Crippen molar-refractivity contribution in [1.82, 2.24) is 14.8 Å². The molecule has 2 rings (SSSR count). The number of rotatable bonds is 5. The highest BCUT2D eigenvalue weighted by molar-refractivity contribution is 5.89. The van der Waals surface area contributed by atoms with Gasteiger partial charge < -0.3 is 9.88 Å². The number of hydrogen-bond donors (Lipinski definition) is 2. The number of aromatic nitrogens is 3. The standard InChI is InChI=1S/C11H14N4O/c16-11(13-10-5-6-12-14-10)4-3-9-15-7-1-2-8-15/h1-2,5-8H,3-4,9H2,(H2,12,13,14,16). The van der Waals surface area contributed by atoms with Gasteiger partial charge in [0, 0.05) is 31.4 Å². The summed E-state index contributed by atoms with van der Waals surface area (Å²) in [5.41, 5.74) is 0. The van der Waals surface area contributed by atoms with Gasteiger partial charge in [0.05, 0.1) is 6.20 Å². The number of carbonyl (C=O) groups excluding carboxylic acids is 1. The van der Waals surface area contributed by atoms with Gasteiger partial charge in [-0.25, -0.2) is 0 Å². The van der Waals surface area contributed by atoms with E-state index in [1.54, 1.807) is 12.3 Å². The fourth-order valence-corrected chi connectivity index (χ4v) is 1.48. The molecule has 0 radical (unpaired) electrons. The second-order valence-corrected chi connectivity index (χ2v) is 3.54. The van der Waals surface area contributed by atoms with Crippen molar-refractivity contribution in [3.8, 4) is 0 Å². The first-order valence-electron chi connectivity index (χ1n) is 5.24. The monoisotopic (exact) mass is 218 g/mol. The van der Waals surface area contributed by atoms with Crippen molar-refractivity contribution in [2.45, 2.75) is 19.4 Å². The summed E-state index contributed by atoms with van der Waals surface area (Å²) < 4.78 is 2.06. The largest absolute Gasteiger partial charge is 0.354 e. The Balaban J connectivity index is 1.68. The van der Waals surface area contributed by atoms with Crippen LogP contribution in [0.25, 0.3) is 0 Å². The normalized spacial score (nSPS) is 10.2. The first-order valence-corrected chi connectivity index (χ1v) is 5.24. The highest BCUT2D eigenvalue weighted by Gasteiger charge is 2.02. The molecule has 0 fully saturated rings. The number of aromatic amines is 1. The molecular formula is C11H14N4O. The maximum atomic E-state index is 11.5. The Morgan fingerprint density at radius 2 is 2.25 bits per heavy atom. The topological polar surface area (TPSA) is 62.7 Å². The molecule has 0 saturated heterocycles. The van der Waals surface area contributed by atoms with Gasteiger partial charge in [-0.2, -0.15) is 5.10 Å². The van der Waals surface area contributed by atoms with Crippen LogP contribution >= 0.6 is 0 Å². The summed E-state index contributed by atoms with van der Waals surface area (Å²) in [7, 11) is 0. The van der Waals surface area contributed by atoms with Gasteiger partial charge in [0.2, 0.25) is 5.91 Å². The Labute approximate surface area is 93.5 Å². The first-order chi connectivity index (χ1) is 7.84. The summed E-state index contributed by atoms with van der Waals surface area (Å²) in [6, 6.07) is 5.68. The maximum absolute atomic E-state index is 11.5. The summed E-state index contributed by atoms with van der Waals surface area (Å²) in [4.78, 5) is 11.5. The molecule has 0 saturated carbocycles. The molecule has 2 aromatic rings. The first kappa shape index (κ1) is 10.5. The summed E-state index contributed by atoms with van der Waals surface area (Å²) in [5, 5.41) is 9.17. The van der Waals surface area contributed by atoms with E-state index >= 15 is 0 Å². The molecule has 0 atom stereocenters. The zero-order chi connectivity index (χ0) is 11.2. The van der Waals surface area contributed by atoms with Gasteiger partial charge in [-0.1, -0.05) is 0 Å². The van der Waals surface area contributed by atoms with Crippen LogP contribution in [-0.2, 0) is 11.3 Å². The lowest BCUT2D eigenvalue weighted by molar-refractivity contribution is -0.116. The molecule has 5 nitrogen and oxygen atoms in total. The Kier molecular flexibility index (Phi) is 3.38. The average Bonchev–Trinajstić information content (AvgIpc) is 2.90. The maximum Gasteiger partial charge on any atom is 0.225 e. The van der Waals surface area contributed by atoms with E-state index in [4.69, 9.17) is 0 Å². The lowest BCUT2D eigenvalue weighted by Crippen LogP contribution is -2.12. The van der Waals surface area contributed by atoms with Crippen molar-refractivity contribution >= 4 is 11.7 Å². The average molecular weight is 218 g/mol. The Bertz CT molecular complexity index is 419. The van der Waals surface area contributed by atoms with Crippen LogP contribution in [0, 0.1) is 0 Å². The van der Waals surface area contributed by atoms with Gasteiger partial charge in [0.25, 0.3) is 0 Å². The van der Waals surface area contributed by atoms with Crippen LogP contribution in [0.5, 0.6) is 0 Å². The van der Waals surface area contributed by atoms with Gasteiger partial charge in [-0.3, -0.25) is 9.89 Å². The molecule has 5 heteroatoms. The van der Waals surface area contributed by atoms with E-state index in [2.05, 4.69) is 20.1 Å². The van der Waals surface area contributed by atoms with Gasteiger partial charge in [0.15, 0.2) is 0 Å². The van der Waals surface area contributed by atoms with Crippen LogP contribution in [0.4, 0.5) is 5.82 Å². The van der Waals surface area contributed by atoms with Gasteiger partial charge in [0.1, 0.15) is 5.82 Å². The van der Waals surface area contributed by atoms with Crippen molar-refractivity contribution in [1.29, 1.82) is 0 Å². The third-order valence-electron chi connectivity index (χ3n) is 2.26. The molecule has 0 unspecified atom stereocenters. The SMILES string of the molecule is O=C(CCCn1cccc1)Nc1ccn[nH]1. The molecular weight excluding hydrogens is 204 g/mol. The number of nitrogens with zero attached hydrogens (tertiary/aromatic N) is 2. The molecule has 0 aliphatic carbocycles. The van der Waals surface area contributed by atoms with Crippen molar-refractivity contribution < 1.29 is 4.79 Å². The van der Waals surface area contributed by atoms with Gasteiger partial charge >= 0.3 is 0 Å². The molecule has 84 valence electrons.